The SMILES string of the molecule is O=C(NNC(=O)c1cc(-c2ccco2)on1)c1cccc([N+](=O)[O-])c1. The number of amides is 2. The molecule has 126 valence electrons. The van der Waals surface area contributed by atoms with Gasteiger partial charge in [0.05, 0.1) is 11.2 Å². The normalized spacial score (nSPS) is 10.2. The molecule has 1 aromatic carbocycles. The minimum atomic E-state index is -0.722. The Balaban J connectivity index is 1.63. The van der Waals surface area contributed by atoms with E-state index in [1.165, 1.54) is 30.5 Å². The number of nitro benzene ring substituents is 1. The summed E-state index contributed by atoms with van der Waals surface area (Å²) in [5.74, 6) is -0.792. The van der Waals surface area contributed by atoms with E-state index >= 15 is 0 Å². The van der Waals surface area contributed by atoms with Gasteiger partial charge in [-0.2, -0.15) is 0 Å². The summed E-state index contributed by atoms with van der Waals surface area (Å²) in [6.45, 7) is 0. The highest BCUT2D eigenvalue weighted by Gasteiger charge is 2.17. The number of hydrazine groups is 1. The van der Waals surface area contributed by atoms with Crippen LogP contribution in [0.15, 0.2) is 57.7 Å². The molecule has 3 rings (SSSR count). The van der Waals surface area contributed by atoms with E-state index in [0.717, 1.165) is 6.07 Å². The molecule has 0 aliphatic carbocycles. The van der Waals surface area contributed by atoms with Gasteiger partial charge in [0.2, 0.25) is 5.76 Å². The Bertz CT molecular complexity index is 931. The third-order valence-corrected chi connectivity index (χ3v) is 3.12. The van der Waals surface area contributed by atoms with Crippen molar-refractivity contribution in [2.75, 3.05) is 0 Å². The number of carbonyl (C=O) groups is 2. The number of nitro groups is 1. The molecule has 2 N–H and O–H groups in total. The van der Waals surface area contributed by atoms with Gasteiger partial charge in [0.15, 0.2) is 11.5 Å². The van der Waals surface area contributed by atoms with Crippen molar-refractivity contribution in [2.24, 2.45) is 0 Å². The van der Waals surface area contributed by atoms with Crippen molar-refractivity contribution < 1.29 is 23.5 Å². The lowest BCUT2D eigenvalue weighted by atomic mass is 10.2. The maximum absolute atomic E-state index is 12.0. The summed E-state index contributed by atoms with van der Waals surface area (Å²) in [7, 11) is 0. The molecule has 2 aromatic heterocycles. The highest BCUT2D eigenvalue weighted by atomic mass is 16.6. The maximum Gasteiger partial charge on any atom is 0.291 e. The van der Waals surface area contributed by atoms with Gasteiger partial charge in [0.1, 0.15) is 0 Å². The van der Waals surface area contributed by atoms with Gasteiger partial charge in [-0.3, -0.25) is 30.6 Å². The molecule has 2 amide bonds. The topological polar surface area (TPSA) is 141 Å². The molecule has 25 heavy (non-hydrogen) atoms. The van der Waals surface area contributed by atoms with Crippen LogP contribution in [0.5, 0.6) is 0 Å². The van der Waals surface area contributed by atoms with Crippen LogP contribution in [0.1, 0.15) is 20.8 Å². The number of nitrogens with one attached hydrogen (secondary N) is 2. The summed E-state index contributed by atoms with van der Waals surface area (Å²) in [6, 6.07) is 9.70. The summed E-state index contributed by atoms with van der Waals surface area (Å²) >= 11 is 0. The molecule has 0 saturated heterocycles. The molecule has 0 aliphatic heterocycles. The van der Waals surface area contributed by atoms with E-state index in [4.69, 9.17) is 8.94 Å². The van der Waals surface area contributed by atoms with Gasteiger partial charge >= 0.3 is 0 Å². The lowest BCUT2D eigenvalue weighted by Crippen LogP contribution is -2.41. The highest BCUT2D eigenvalue weighted by Crippen LogP contribution is 2.20. The van der Waals surface area contributed by atoms with Gasteiger partial charge in [-0.25, -0.2) is 0 Å². The van der Waals surface area contributed by atoms with Gasteiger partial charge < -0.3 is 8.94 Å². The lowest BCUT2D eigenvalue weighted by Gasteiger charge is -2.05. The van der Waals surface area contributed by atoms with Crippen LogP contribution in [0.2, 0.25) is 0 Å². The second-order valence-electron chi connectivity index (χ2n) is 4.77. The number of non-ortho nitro benzene ring substituents is 1. The molecule has 0 spiro atoms. The van der Waals surface area contributed by atoms with Crippen molar-refractivity contribution in [2.45, 2.75) is 0 Å². The predicted molar refractivity (Wildman–Crippen MR) is 82.2 cm³/mol. The largest absolute Gasteiger partial charge is 0.461 e. The van der Waals surface area contributed by atoms with Crippen LogP contribution in [-0.2, 0) is 0 Å². The van der Waals surface area contributed by atoms with Crippen molar-refractivity contribution in [1.29, 1.82) is 0 Å². The molecule has 0 fully saturated rings. The predicted octanol–water partition coefficient (Wildman–Crippen LogP) is 1.92. The monoisotopic (exact) mass is 342 g/mol. The summed E-state index contributed by atoms with van der Waals surface area (Å²) in [6.07, 6.45) is 1.44. The van der Waals surface area contributed by atoms with Crippen LogP contribution < -0.4 is 10.9 Å². The molecule has 10 heteroatoms. The zero-order valence-electron chi connectivity index (χ0n) is 12.5. The standard InChI is InChI=1S/C15H10N4O6/c20-14(9-3-1-4-10(7-9)19(22)23)16-17-15(21)11-8-13(25-18-11)12-5-2-6-24-12/h1-8H,(H,16,20)(H,17,21). The van der Waals surface area contributed by atoms with Crippen molar-refractivity contribution in [1.82, 2.24) is 16.0 Å². The Kier molecular flexibility index (Phi) is 4.24. The number of hydrogen-bond donors (Lipinski definition) is 2. The van der Waals surface area contributed by atoms with E-state index in [-0.39, 0.29) is 22.7 Å². The third kappa shape index (κ3) is 3.52. The van der Waals surface area contributed by atoms with E-state index in [1.807, 2.05) is 0 Å². The Labute approximate surface area is 139 Å². The zero-order valence-corrected chi connectivity index (χ0v) is 12.5. The number of hydrogen-bond acceptors (Lipinski definition) is 7. The first-order chi connectivity index (χ1) is 12.0. The quantitative estimate of drug-likeness (QED) is 0.545. The second kappa shape index (κ2) is 6.66. The fourth-order valence-electron chi connectivity index (χ4n) is 1.93. The van der Waals surface area contributed by atoms with Crippen LogP contribution in [-0.4, -0.2) is 21.9 Å². The fraction of sp³-hybridized carbons (Fsp3) is 0. The number of nitrogens with zero attached hydrogens (tertiary/aromatic N) is 2. The van der Waals surface area contributed by atoms with Crippen LogP contribution in [0, 0.1) is 10.1 Å². The van der Waals surface area contributed by atoms with Crippen LogP contribution in [0.25, 0.3) is 11.5 Å². The second-order valence-corrected chi connectivity index (χ2v) is 4.77. The molecule has 10 nitrogen and oxygen atoms in total. The maximum atomic E-state index is 12.0. The van der Waals surface area contributed by atoms with Gasteiger partial charge in [0, 0.05) is 23.8 Å². The smallest absolute Gasteiger partial charge is 0.291 e. The summed E-state index contributed by atoms with van der Waals surface area (Å²) < 4.78 is 10.1. The van der Waals surface area contributed by atoms with Crippen LogP contribution in [0.3, 0.4) is 0 Å². The molecule has 0 saturated carbocycles. The fourth-order valence-corrected chi connectivity index (χ4v) is 1.93. The molecule has 0 bridgehead atoms. The minimum Gasteiger partial charge on any atom is -0.461 e. The van der Waals surface area contributed by atoms with Crippen molar-refractivity contribution in [3.05, 3.63) is 70.1 Å². The third-order valence-electron chi connectivity index (χ3n) is 3.12. The molecule has 3 aromatic rings. The zero-order chi connectivity index (χ0) is 17.8. The Morgan fingerprint density at radius 1 is 1.04 bits per heavy atom. The number of rotatable bonds is 4. The molecular weight excluding hydrogens is 332 g/mol. The number of carbonyl (C=O) groups excluding carboxylic acids is 2. The summed E-state index contributed by atoms with van der Waals surface area (Å²) in [4.78, 5) is 34.0. The van der Waals surface area contributed by atoms with Crippen molar-refractivity contribution in [3.8, 4) is 11.5 Å². The van der Waals surface area contributed by atoms with Crippen LogP contribution in [0.4, 0.5) is 5.69 Å². The molecule has 0 unspecified atom stereocenters. The van der Waals surface area contributed by atoms with E-state index in [2.05, 4.69) is 16.0 Å². The minimum absolute atomic E-state index is 0.0194. The first-order valence-corrected chi connectivity index (χ1v) is 6.90. The molecular formula is C15H10N4O6. The van der Waals surface area contributed by atoms with E-state index in [9.17, 15) is 19.7 Å². The average molecular weight is 342 g/mol. The Morgan fingerprint density at radius 3 is 2.56 bits per heavy atom. The van der Waals surface area contributed by atoms with E-state index < -0.39 is 16.7 Å². The highest BCUT2D eigenvalue weighted by molar-refractivity contribution is 5.98. The summed E-state index contributed by atoms with van der Waals surface area (Å²) in [5, 5.41) is 14.3. The molecule has 0 radical (unpaired) electrons. The van der Waals surface area contributed by atoms with E-state index in [1.54, 1.807) is 12.1 Å². The molecule has 0 aliphatic rings. The van der Waals surface area contributed by atoms with Gasteiger partial charge in [-0.15, -0.1) is 0 Å². The van der Waals surface area contributed by atoms with Gasteiger partial charge in [-0.05, 0) is 18.2 Å². The van der Waals surface area contributed by atoms with Crippen molar-refractivity contribution in [3.63, 3.8) is 0 Å². The first kappa shape index (κ1) is 15.9. The van der Waals surface area contributed by atoms with Gasteiger partial charge in [0.25, 0.3) is 17.5 Å². The first-order valence-electron chi connectivity index (χ1n) is 6.90. The van der Waals surface area contributed by atoms with Crippen molar-refractivity contribution >= 4 is 17.5 Å². The Morgan fingerprint density at radius 2 is 1.84 bits per heavy atom. The average Bonchev–Trinajstić information content (AvgIpc) is 3.30. The lowest BCUT2D eigenvalue weighted by molar-refractivity contribution is -0.384. The number of furan rings is 1. The van der Waals surface area contributed by atoms with Gasteiger partial charge in [-0.1, -0.05) is 11.2 Å². The Hall–Kier alpha value is -3.95. The molecule has 0 atom stereocenters. The van der Waals surface area contributed by atoms with Crippen LogP contribution >= 0.6 is 0 Å². The molecule has 2 heterocycles. The number of aromatic nitrogens is 1. The van der Waals surface area contributed by atoms with E-state index in [0.29, 0.717) is 5.76 Å². The summed E-state index contributed by atoms with van der Waals surface area (Å²) in [5.41, 5.74) is 3.99. The number of benzene rings is 1.